The van der Waals surface area contributed by atoms with E-state index in [4.69, 9.17) is 11.6 Å². The molecule has 0 N–H and O–H groups in total. The molecular weight excluding hydrogens is 191 g/mol. The topological polar surface area (TPSA) is 17.1 Å². The lowest BCUT2D eigenvalue weighted by Crippen LogP contribution is -2.09. The fourth-order valence-electron chi connectivity index (χ4n) is 0.568. The van der Waals surface area contributed by atoms with E-state index in [-0.39, 0.29) is 12.2 Å². The summed E-state index contributed by atoms with van der Waals surface area (Å²) in [6.45, 7) is 3.43. The Morgan fingerprint density at radius 1 is 1.62 bits per heavy atom. The molecule has 3 heteroatoms. The van der Waals surface area contributed by atoms with Crippen molar-refractivity contribution >= 4 is 17.4 Å². The van der Waals surface area contributed by atoms with Crippen LogP contribution in [0.15, 0.2) is 24.3 Å². The molecule has 0 fully saturated rings. The van der Waals surface area contributed by atoms with Gasteiger partial charge in [-0.15, -0.1) is 0 Å². The van der Waals surface area contributed by atoms with Gasteiger partial charge in [-0.3, -0.25) is 0 Å². The number of hydrogen-bond acceptors (Lipinski definition) is 1. The molecule has 1 aliphatic rings. The highest BCUT2D eigenvalue weighted by molar-refractivity contribution is 6.24. The Morgan fingerprint density at radius 2 is 2.15 bits per heavy atom. The number of halogens is 2. The molecule has 1 rings (SSSR count). The van der Waals surface area contributed by atoms with Crippen molar-refractivity contribution in [1.29, 1.82) is 0 Å². The van der Waals surface area contributed by atoms with Gasteiger partial charge >= 0.3 is 0 Å². The highest BCUT2D eigenvalue weighted by Crippen LogP contribution is 2.26. The molecule has 0 spiro atoms. The Labute approximate surface area is 83.3 Å². The van der Waals surface area contributed by atoms with Crippen molar-refractivity contribution in [3.63, 3.8) is 0 Å². The Bertz CT molecular complexity index is 219. The van der Waals surface area contributed by atoms with E-state index in [1.165, 1.54) is 6.08 Å². The minimum absolute atomic E-state index is 0.255. The lowest BCUT2D eigenvalue weighted by molar-refractivity contribution is -0.116. The Kier molecular flexibility index (Phi) is 5.63. The van der Waals surface area contributed by atoms with E-state index in [0.29, 0.717) is 6.42 Å². The van der Waals surface area contributed by atoms with Gasteiger partial charge < -0.3 is 4.79 Å². The summed E-state index contributed by atoms with van der Waals surface area (Å²) in [5.41, 5.74) is 0. The molecule has 1 unspecified atom stereocenters. The van der Waals surface area contributed by atoms with Gasteiger partial charge in [0, 0.05) is 12.8 Å². The first-order valence-electron chi connectivity index (χ1n) is 4.19. The molecule has 0 aromatic rings. The average molecular weight is 205 g/mol. The summed E-state index contributed by atoms with van der Waals surface area (Å²) in [6.07, 6.45) is 7.38. The highest BCUT2D eigenvalue weighted by Gasteiger charge is 2.20. The van der Waals surface area contributed by atoms with Crippen LogP contribution < -0.4 is 0 Å². The number of allylic oxidation sites excluding steroid dienone is 4. The largest absolute Gasteiger partial charge is 0.300 e. The molecular formula is C10H14ClFO. The molecule has 0 radical (unpaired) electrons. The van der Waals surface area contributed by atoms with Crippen molar-refractivity contribution in [3.05, 3.63) is 24.3 Å². The monoisotopic (exact) mass is 204 g/mol. The molecule has 0 aromatic carbocycles. The highest BCUT2D eigenvalue weighted by atomic mass is 35.5. The second kappa shape index (κ2) is 5.92. The van der Waals surface area contributed by atoms with Crippen molar-refractivity contribution in [3.8, 4) is 0 Å². The zero-order valence-corrected chi connectivity index (χ0v) is 8.64. The second-order valence-corrected chi connectivity index (χ2v) is 3.44. The Hall–Kier alpha value is -0.630. The maximum atomic E-state index is 12.5. The van der Waals surface area contributed by atoms with Crippen molar-refractivity contribution < 1.29 is 9.18 Å². The molecule has 1 nitrogen and oxygen atoms in total. The first-order chi connectivity index (χ1) is 5.98. The van der Waals surface area contributed by atoms with Crippen LogP contribution in [-0.2, 0) is 4.79 Å². The van der Waals surface area contributed by atoms with E-state index in [1.54, 1.807) is 25.2 Å². The van der Waals surface area contributed by atoms with Crippen molar-refractivity contribution in [1.82, 2.24) is 0 Å². The molecule has 1 atom stereocenters. The summed E-state index contributed by atoms with van der Waals surface area (Å²) in [6, 6.07) is 0. The zero-order chi connectivity index (χ0) is 10.3. The third-order valence-corrected chi connectivity index (χ3v) is 1.76. The fraction of sp³-hybridized carbons (Fsp3) is 0.500. The summed E-state index contributed by atoms with van der Waals surface area (Å²) >= 11 is 5.27. The molecule has 13 heavy (non-hydrogen) atoms. The zero-order valence-electron chi connectivity index (χ0n) is 7.89. The fourth-order valence-corrected chi connectivity index (χ4v) is 0.730. The molecule has 0 aromatic heterocycles. The lowest BCUT2D eigenvalue weighted by Gasteiger charge is -2.11. The predicted molar refractivity (Wildman–Crippen MR) is 53.6 cm³/mol. The van der Waals surface area contributed by atoms with Gasteiger partial charge in [0.05, 0.1) is 0 Å². The van der Waals surface area contributed by atoms with E-state index in [0.717, 1.165) is 0 Å². The van der Waals surface area contributed by atoms with E-state index in [1.807, 2.05) is 6.92 Å². The van der Waals surface area contributed by atoms with Gasteiger partial charge in [0.15, 0.2) is 0 Å². The summed E-state index contributed by atoms with van der Waals surface area (Å²) in [5.74, 6) is 0.255. The normalized spacial score (nSPS) is 24.9. The molecule has 0 saturated carbocycles. The van der Waals surface area contributed by atoms with Crippen LogP contribution in [-0.4, -0.2) is 10.9 Å². The lowest BCUT2D eigenvalue weighted by atomic mass is 10.2. The van der Waals surface area contributed by atoms with Crippen LogP contribution in [0.2, 0.25) is 0 Å². The minimum atomic E-state index is -1.62. The SMILES string of the molecule is CCC(C)=O.FC1(Cl)C=CC=CC1. The quantitative estimate of drug-likeness (QED) is 0.599. The summed E-state index contributed by atoms with van der Waals surface area (Å²) in [4.78, 5) is 9.81. The standard InChI is InChI=1S/C6H6ClF.C4H8O/c7-6(8)4-2-1-3-5-6;1-3-4(2)5/h1-4H,5H2;3H2,1-2H3. The van der Waals surface area contributed by atoms with Gasteiger partial charge in [-0.1, -0.05) is 36.8 Å². The van der Waals surface area contributed by atoms with E-state index in [9.17, 15) is 9.18 Å². The molecule has 0 heterocycles. The number of ketones is 1. The maximum Gasteiger partial charge on any atom is 0.205 e. The van der Waals surface area contributed by atoms with Crippen LogP contribution in [0, 0.1) is 0 Å². The minimum Gasteiger partial charge on any atom is -0.300 e. The van der Waals surface area contributed by atoms with Gasteiger partial charge in [-0.25, -0.2) is 4.39 Å². The van der Waals surface area contributed by atoms with Crippen molar-refractivity contribution in [2.24, 2.45) is 0 Å². The molecule has 0 bridgehead atoms. The van der Waals surface area contributed by atoms with E-state index < -0.39 is 5.13 Å². The van der Waals surface area contributed by atoms with E-state index >= 15 is 0 Å². The van der Waals surface area contributed by atoms with Crippen molar-refractivity contribution in [2.75, 3.05) is 0 Å². The van der Waals surface area contributed by atoms with Gasteiger partial charge in [0.1, 0.15) is 5.78 Å². The van der Waals surface area contributed by atoms with Crippen LogP contribution in [0.25, 0.3) is 0 Å². The number of alkyl halides is 2. The van der Waals surface area contributed by atoms with Crippen LogP contribution in [0.5, 0.6) is 0 Å². The van der Waals surface area contributed by atoms with Crippen LogP contribution >= 0.6 is 11.6 Å². The van der Waals surface area contributed by atoms with Gasteiger partial charge in [0.25, 0.3) is 0 Å². The van der Waals surface area contributed by atoms with Crippen LogP contribution in [0.4, 0.5) is 4.39 Å². The molecule has 0 saturated heterocycles. The molecule has 1 aliphatic carbocycles. The van der Waals surface area contributed by atoms with Gasteiger partial charge in [0.2, 0.25) is 5.13 Å². The Morgan fingerprint density at radius 3 is 2.31 bits per heavy atom. The number of rotatable bonds is 1. The van der Waals surface area contributed by atoms with E-state index in [2.05, 4.69) is 0 Å². The first kappa shape index (κ1) is 12.4. The van der Waals surface area contributed by atoms with Gasteiger partial charge in [-0.2, -0.15) is 0 Å². The number of carbonyl (C=O) groups is 1. The molecule has 0 amide bonds. The van der Waals surface area contributed by atoms with Gasteiger partial charge in [-0.05, 0) is 13.0 Å². The number of Topliss-reactive ketones (excluding diaryl/α,β-unsaturated/α-hetero) is 1. The van der Waals surface area contributed by atoms with Crippen molar-refractivity contribution in [2.45, 2.75) is 31.8 Å². The number of hydrogen-bond donors (Lipinski definition) is 0. The molecule has 74 valence electrons. The van der Waals surface area contributed by atoms with Crippen LogP contribution in [0.3, 0.4) is 0 Å². The maximum absolute atomic E-state index is 12.5. The smallest absolute Gasteiger partial charge is 0.205 e. The predicted octanol–water partition coefficient (Wildman–Crippen LogP) is 3.39. The average Bonchev–Trinajstić information content (AvgIpc) is 2.05. The molecule has 0 aliphatic heterocycles. The number of carbonyl (C=O) groups excluding carboxylic acids is 1. The summed E-state index contributed by atoms with van der Waals surface area (Å²) < 4.78 is 12.5. The first-order valence-corrected chi connectivity index (χ1v) is 4.57. The third kappa shape index (κ3) is 7.72. The van der Waals surface area contributed by atoms with Crippen LogP contribution in [0.1, 0.15) is 26.7 Å². The summed E-state index contributed by atoms with van der Waals surface area (Å²) in [7, 11) is 0. The Balaban J connectivity index is 0.000000252. The third-order valence-electron chi connectivity index (χ3n) is 1.48. The summed E-state index contributed by atoms with van der Waals surface area (Å²) in [5, 5.41) is -1.62. The second-order valence-electron chi connectivity index (χ2n) is 2.81.